The molecule has 0 saturated heterocycles. The van der Waals surface area contributed by atoms with Crippen molar-refractivity contribution < 1.29 is 4.42 Å². The minimum Gasteiger partial charge on any atom is -0.455 e. The Balaban J connectivity index is 0.984. The van der Waals surface area contributed by atoms with Gasteiger partial charge in [0.2, 0.25) is 0 Å². The van der Waals surface area contributed by atoms with E-state index in [1.165, 1.54) is 60.1 Å². The zero-order valence-corrected chi connectivity index (χ0v) is 33.9. The van der Waals surface area contributed by atoms with Crippen LogP contribution >= 0.6 is 0 Å². The van der Waals surface area contributed by atoms with Crippen LogP contribution in [-0.4, -0.2) is 0 Å². The second-order valence-electron chi connectivity index (χ2n) is 16.1. The fraction of sp³-hybridized carbons (Fsp3) is 0. The molecular weight excluding hydrogens is 751 g/mol. The van der Waals surface area contributed by atoms with E-state index in [0.717, 1.165) is 55.7 Å². The van der Waals surface area contributed by atoms with E-state index in [2.05, 4.69) is 241 Å². The van der Waals surface area contributed by atoms with Gasteiger partial charge in [-0.3, -0.25) is 0 Å². The van der Waals surface area contributed by atoms with Crippen LogP contribution in [0, 0.1) is 0 Å². The number of rotatable bonds is 7. The number of benzene rings is 11. The lowest BCUT2D eigenvalue weighted by atomic mass is 9.96. The molecule has 0 unspecified atom stereocenters. The van der Waals surface area contributed by atoms with Crippen LogP contribution in [0.4, 0.5) is 17.1 Å². The monoisotopic (exact) mass is 789 g/mol. The molecule has 12 aromatic rings. The number of fused-ring (bicyclic) bond motifs is 6. The Kier molecular flexibility index (Phi) is 8.53. The zero-order chi connectivity index (χ0) is 41.0. The molecule has 0 saturated carbocycles. The highest BCUT2D eigenvalue weighted by Crippen LogP contribution is 2.45. The van der Waals surface area contributed by atoms with Gasteiger partial charge in [-0.1, -0.05) is 182 Å². The number of anilines is 3. The van der Waals surface area contributed by atoms with Crippen molar-refractivity contribution in [1.29, 1.82) is 0 Å². The van der Waals surface area contributed by atoms with Gasteiger partial charge in [0.05, 0.1) is 5.69 Å². The Bertz CT molecular complexity index is 3630. The fourth-order valence-corrected chi connectivity index (χ4v) is 9.34. The second-order valence-corrected chi connectivity index (χ2v) is 16.1. The third-order valence-corrected chi connectivity index (χ3v) is 12.4. The van der Waals surface area contributed by atoms with Gasteiger partial charge in [-0.15, -0.1) is 0 Å². The lowest BCUT2D eigenvalue weighted by Crippen LogP contribution is -2.11. The number of para-hydroxylation sites is 2. The molecule has 0 aliphatic carbocycles. The predicted molar refractivity (Wildman–Crippen MR) is 263 cm³/mol. The summed E-state index contributed by atoms with van der Waals surface area (Å²) >= 11 is 0. The summed E-state index contributed by atoms with van der Waals surface area (Å²) in [5.74, 6) is 0. The van der Waals surface area contributed by atoms with Crippen molar-refractivity contribution in [2.24, 2.45) is 0 Å². The summed E-state index contributed by atoms with van der Waals surface area (Å²) in [6, 6.07) is 85.5. The molecule has 0 aliphatic heterocycles. The molecular formula is C60H39NO. The highest BCUT2D eigenvalue weighted by molar-refractivity contribution is 6.14. The maximum atomic E-state index is 6.80. The van der Waals surface area contributed by atoms with E-state index < -0.39 is 0 Å². The Morgan fingerprint density at radius 2 is 0.790 bits per heavy atom. The van der Waals surface area contributed by atoms with E-state index in [1.807, 2.05) is 0 Å². The highest BCUT2D eigenvalue weighted by atomic mass is 16.3. The first-order valence-corrected chi connectivity index (χ1v) is 21.2. The van der Waals surface area contributed by atoms with Crippen molar-refractivity contribution >= 4 is 71.3 Å². The van der Waals surface area contributed by atoms with Crippen molar-refractivity contribution in [2.45, 2.75) is 0 Å². The molecule has 0 atom stereocenters. The van der Waals surface area contributed by atoms with Gasteiger partial charge in [0, 0.05) is 33.3 Å². The van der Waals surface area contributed by atoms with Crippen molar-refractivity contribution in [3.8, 4) is 44.5 Å². The maximum absolute atomic E-state index is 6.80. The van der Waals surface area contributed by atoms with Crippen LogP contribution in [-0.2, 0) is 0 Å². The standard InChI is InChI=1S/C60H39NO/c1-2-14-44-37-49(27-26-40(44)12-1)46-19-9-18-45(36-46)41-28-32-50(33-29-41)61(51-34-30-43(31-35-51)53-22-10-17-42-13-5-6-20-52(42)53)58-25-8-7-21-54(58)55-23-11-24-56-57-38-47-15-3-4-16-48(47)39-59(57)62-60(55)56/h1-39H. The number of nitrogens with zero attached hydrogens (tertiary/aromatic N) is 1. The molecule has 1 heterocycles. The summed E-state index contributed by atoms with van der Waals surface area (Å²) in [6.07, 6.45) is 0. The number of hydrogen-bond acceptors (Lipinski definition) is 2. The third kappa shape index (κ3) is 6.20. The van der Waals surface area contributed by atoms with Crippen molar-refractivity contribution in [3.63, 3.8) is 0 Å². The minimum absolute atomic E-state index is 0.887. The summed E-state index contributed by atoms with van der Waals surface area (Å²) in [5.41, 5.74) is 14.3. The van der Waals surface area contributed by atoms with E-state index in [-0.39, 0.29) is 0 Å². The quantitative estimate of drug-likeness (QED) is 0.160. The molecule has 2 nitrogen and oxygen atoms in total. The van der Waals surface area contributed by atoms with E-state index in [0.29, 0.717) is 0 Å². The molecule has 0 bridgehead atoms. The van der Waals surface area contributed by atoms with Gasteiger partial charge >= 0.3 is 0 Å². The normalized spacial score (nSPS) is 11.5. The van der Waals surface area contributed by atoms with Crippen LogP contribution in [0.2, 0.25) is 0 Å². The Morgan fingerprint density at radius 3 is 1.58 bits per heavy atom. The zero-order valence-electron chi connectivity index (χ0n) is 33.9. The first-order valence-electron chi connectivity index (χ1n) is 21.2. The number of hydrogen-bond donors (Lipinski definition) is 0. The highest BCUT2D eigenvalue weighted by Gasteiger charge is 2.21. The molecule has 0 radical (unpaired) electrons. The number of furan rings is 1. The van der Waals surface area contributed by atoms with E-state index in [9.17, 15) is 0 Å². The SMILES string of the molecule is c1cc(-c2ccc(N(c3ccc(-c4cccc5ccccc45)cc3)c3ccccc3-c3cccc4c3oc3cc5ccccc5cc34)cc2)cc(-c2ccc3ccccc3c2)c1. The van der Waals surface area contributed by atoms with E-state index >= 15 is 0 Å². The predicted octanol–water partition coefficient (Wildman–Crippen LogP) is 17.2. The lowest BCUT2D eigenvalue weighted by molar-refractivity contribution is 0.670. The van der Waals surface area contributed by atoms with Crippen LogP contribution < -0.4 is 4.90 Å². The lowest BCUT2D eigenvalue weighted by Gasteiger charge is -2.28. The minimum atomic E-state index is 0.887. The summed E-state index contributed by atoms with van der Waals surface area (Å²) in [5, 5.41) is 9.59. The summed E-state index contributed by atoms with van der Waals surface area (Å²) in [7, 11) is 0. The van der Waals surface area contributed by atoms with E-state index in [4.69, 9.17) is 4.42 Å². The molecule has 0 spiro atoms. The first kappa shape index (κ1) is 35.7. The average molecular weight is 790 g/mol. The maximum Gasteiger partial charge on any atom is 0.143 e. The Hall–Kier alpha value is -8.20. The van der Waals surface area contributed by atoms with Crippen molar-refractivity contribution in [3.05, 3.63) is 237 Å². The molecule has 2 heteroatoms. The Labute approximate surface area is 360 Å². The molecule has 11 aromatic carbocycles. The van der Waals surface area contributed by atoms with Crippen molar-refractivity contribution in [1.82, 2.24) is 0 Å². The molecule has 62 heavy (non-hydrogen) atoms. The summed E-state index contributed by atoms with van der Waals surface area (Å²) in [4.78, 5) is 2.38. The molecule has 0 aliphatic rings. The van der Waals surface area contributed by atoms with Crippen LogP contribution in [0.25, 0.3) is 98.8 Å². The fourth-order valence-electron chi connectivity index (χ4n) is 9.34. The van der Waals surface area contributed by atoms with Crippen LogP contribution in [0.1, 0.15) is 0 Å². The van der Waals surface area contributed by atoms with Crippen LogP contribution in [0.3, 0.4) is 0 Å². The second kappa shape index (κ2) is 14.8. The Morgan fingerprint density at radius 1 is 0.274 bits per heavy atom. The largest absolute Gasteiger partial charge is 0.455 e. The summed E-state index contributed by atoms with van der Waals surface area (Å²) < 4.78 is 6.80. The molecule has 0 fully saturated rings. The molecule has 0 amide bonds. The first-order chi connectivity index (χ1) is 30.7. The van der Waals surface area contributed by atoms with Gasteiger partial charge < -0.3 is 9.32 Å². The molecule has 290 valence electrons. The van der Waals surface area contributed by atoms with E-state index in [1.54, 1.807) is 0 Å². The van der Waals surface area contributed by atoms with Crippen LogP contribution in [0.5, 0.6) is 0 Å². The van der Waals surface area contributed by atoms with Gasteiger partial charge in [-0.25, -0.2) is 0 Å². The van der Waals surface area contributed by atoms with Gasteiger partial charge in [-0.2, -0.15) is 0 Å². The van der Waals surface area contributed by atoms with Gasteiger partial charge in [0.1, 0.15) is 11.2 Å². The average Bonchev–Trinajstić information content (AvgIpc) is 3.71. The summed E-state index contributed by atoms with van der Waals surface area (Å²) in [6.45, 7) is 0. The third-order valence-electron chi connectivity index (χ3n) is 12.4. The van der Waals surface area contributed by atoms with Gasteiger partial charge in [0.25, 0.3) is 0 Å². The topological polar surface area (TPSA) is 16.4 Å². The van der Waals surface area contributed by atoms with Crippen LogP contribution in [0.15, 0.2) is 241 Å². The molecule has 1 aromatic heterocycles. The van der Waals surface area contributed by atoms with Gasteiger partial charge in [-0.05, 0) is 120 Å². The molecule has 12 rings (SSSR count). The smallest absolute Gasteiger partial charge is 0.143 e. The van der Waals surface area contributed by atoms with Gasteiger partial charge in [0.15, 0.2) is 0 Å². The molecule has 0 N–H and O–H groups in total. The van der Waals surface area contributed by atoms with Crippen molar-refractivity contribution in [2.75, 3.05) is 4.90 Å².